The molecular formula is C12H13ClO2S. The lowest BCUT2D eigenvalue weighted by molar-refractivity contribution is 0.588. The summed E-state index contributed by atoms with van der Waals surface area (Å²) >= 11 is 5.93. The Labute approximate surface area is 101 Å². The summed E-state index contributed by atoms with van der Waals surface area (Å²) in [7, 11) is -3.31. The van der Waals surface area contributed by atoms with Crippen LogP contribution >= 0.6 is 11.6 Å². The van der Waals surface area contributed by atoms with Crippen molar-refractivity contribution >= 4 is 26.5 Å². The van der Waals surface area contributed by atoms with Crippen LogP contribution in [-0.4, -0.2) is 8.42 Å². The fraction of sp³-hybridized carbons (Fsp3) is 0.333. The Hall–Kier alpha value is -0.800. The number of halogens is 1. The standard InChI is InChI=1S/C12H13ClO2S/c1-12(2,3)8-4-5-11-9(6-8)10(13)7-16(11,14)15/h4-7H,1-3H3. The fourth-order valence-electron chi connectivity index (χ4n) is 1.69. The number of rotatable bonds is 0. The number of hydrogen-bond acceptors (Lipinski definition) is 2. The zero-order chi connectivity index (χ0) is 12.1. The number of hydrogen-bond donors (Lipinski definition) is 0. The molecule has 4 heteroatoms. The first-order valence-corrected chi connectivity index (χ1v) is 6.91. The molecule has 0 radical (unpaired) electrons. The van der Waals surface area contributed by atoms with E-state index in [4.69, 9.17) is 11.6 Å². The normalized spacial score (nSPS) is 18.1. The highest BCUT2D eigenvalue weighted by molar-refractivity contribution is 7.95. The van der Waals surface area contributed by atoms with Gasteiger partial charge < -0.3 is 0 Å². The minimum atomic E-state index is -3.31. The van der Waals surface area contributed by atoms with Crippen molar-refractivity contribution in [2.24, 2.45) is 0 Å². The second-order valence-corrected chi connectivity index (χ2v) is 7.14. The minimum Gasteiger partial charge on any atom is -0.219 e. The maximum Gasteiger partial charge on any atom is 0.201 e. The van der Waals surface area contributed by atoms with Gasteiger partial charge in [0, 0.05) is 5.56 Å². The molecule has 1 heterocycles. The van der Waals surface area contributed by atoms with Gasteiger partial charge in [-0.15, -0.1) is 0 Å². The Balaban J connectivity index is 2.68. The predicted octanol–water partition coefficient (Wildman–Crippen LogP) is 3.31. The van der Waals surface area contributed by atoms with Crippen molar-refractivity contribution in [2.45, 2.75) is 31.1 Å². The third kappa shape index (κ3) is 1.78. The maximum absolute atomic E-state index is 11.7. The predicted molar refractivity (Wildman–Crippen MR) is 66.2 cm³/mol. The van der Waals surface area contributed by atoms with E-state index in [1.165, 1.54) is 0 Å². The zero-order valence-corrected chi connectivity index (χ0v) is 11.0. The molecular weight excluding hydrogens is 244 g/mol. The van der Waals surface area contributed by atoms with Crippen molar-refractivity contribution < 1.29 is 8.42 Å². The largest absolute Gasteiger partial charge is 0.219 e. The molecule has 1 aliphatic rings. The minimum absolute atomic E-state index is 0.0153. The SMILES string of the molecule is CC(C)(C)c1ccc2c(c1)C(Cl)=CS2(=O)=O. The van der Waals surface area contributed by atoms with Crippen molar-refractivity contribution in [1.29, 1.82) is 0 Å². The molecule has 1 aromatic carbocycles. The summed E-state index contributed by atoms with van der Waals surface area (Å²) in [4.78, 5) is 0.311. The van der Waals surface area contributed by atoms with Gasteiger partial charge in [-0.1, -0.05) is 38.4 Å². The Morgan fingerprint density at radius 2 is 1.81 bits per heavy atom. The summed E-state index contributed by atoms with van der Waals surface area (Å²) < 4.78 is 23.3. The van der Waals surface area contributed by atoms with Gasteiger partial charge in [0.05, 0.1) is 15.3 Å². The van der Waals surface area contributed by atoms with E-state index < -0.39 is 9.84 Å². The van der Waals surface area contributed by atoms with Crippen LogP contribution in [0.2, 0.25) is 0 Å². The molecule has 0 N–H and O–H groups in total. The maximum atomic E-state index is 11.7. The van der Waals surface area contributed by atoms with Crippen molar-refractivity contribution in [3.05, 3.63) is 34.7 Å². The highest BCUT2D eigenvalue weighted by Gasteiger charge is 2.27. The van der Waals surface area contributed by atoms with Crippen molar-refractivity contribution in [3.63, 3.8) is 0 Å². The fourth-order valence-corrected chi connectivity index (χ4v) is 3.52. The number of sulfone groups is 1. The van der Waals surface area contributed by atoms with Gasteiger partial charge in [0.1, 0.15) is 0 Å². The molecule has 0 saturated carbocycles. The molecule has 0 fully saturated rings. The molecule has 0 unspecified atom stereocenters. The molecule has 0 amide bonds. The second kappa shape index (κ2) is 3.34. The van der Waals surface area contributed by atoms with Gasteiger partial charge in [-0.05, 0) is 23.1 Å². The third-order valence-corrected chi connectivity index (χ3v) is 4.63. The summed E-state index contributed by atoms with van der Waals surface area (Å²) in [6.45, 7) is 6.24. The number of benzene rings is 1. The molecule has 0 aliphatic carbocycles. The Kier molecular flexibility index (Phi) is 2.44. The van der Waals surface area contributed by atoms with Gasteiger partial charge in [-0.25, -0.2) is 8.42 Å². The molecule has 0 atom stereocenters. The van der Waals surface area contributed by atoms with Gasteiger partial charge in [0.15, 0.2) is 0 Å². The highest BCUT2D eigenvalue weighted by atomic mass is 35.5. The van der Waals surface area contributed by atoms with Crippen LogP contribution in [-0.2, 0) is 15.3 Å². The van der Waals surface area contributed by atoms with Crippen molar-refractivity contribution in [2.75, 3.05) is 0 Å². The topological polar surface area (TPSA) is 34.1 Å². The lowest BCUT2D eigenvalue weighted by Gasteiger charge is -2.19. The van der Waals surface area contributed by atoms with Gasteiger partial charge in [-0.2, -0.15) is 0 Å². The molecule has 2 nitrogen and oxygen atoms in total. The van der Waals surface area contributed by atoms with Crippen LogP contribution in [0.5, 0.6) is 0 Å². The molecule has 2 rings (SSSR count). The molecule has 1 aromatic rings. The average molecular weight is 257 g/mol. The van der Waals surface area contributed by atoms with E-state index in [1.807, 2.05) is 12.1 Å². The third-order valence-electron chi connectivity index (χ3n) is 2.67. The Morgan fingerprint density at radius 3 is 2.38 bits per heavy atom. The van der Waals surface area contributed by atoms with Crippen LogP contribution in [0, 0.1) is 0 Å². The highest BCUT2D eigenvalue weighted by Crippen LogP contribution is 2.38. The van der Waals surface area contributed by atoms with Gasteiger partial charge in [0.2, 0.25) is 9.84 Å². The molecule has 0 bridgehead atoms. The second-order valence-electron chi connectivity index (χ2n) is 4.97. The molecule has 86 valence electrons. The summed E-state index contributed by atoms with van der Waals surface area (Å²) in [5.74, 6) is 0. The van der Waals surface area contributed by atoms with E-state index in [2.05, 4.69) is 20.8 Å². The monoisotopic (exact) mass is 256 g/mol. The van der Waals surface area contributed by atoms with Crippen LogP contribution in [0.15, 0.2) is 28.5 Å². The quantitative estimate of drug-likeness (QED) is 0.714. The van der Waals surface area contributed by atoms with Crippen LogP contribution in [0.4, 0.5) is 0 Å². The summed E-state index contributed by atoms with van der Waals surface area (Å²) in [6.07, 6.45) is 0. The van der Waals surface area contributed by atoms with Gasteiger partial charge >= 0.3 is 0 Å². The molecule has 0 saturated heterocycles. The van der Waals surface area contributed by atoms with Crippen LogP contribution in [0.1, 0.15) is 31.9 Å². The van der Waals surface area contributed by atoms with E-state index in [9.17, 15) is 8.42 Å². The summed E-state index contributed by atoms with van der Waals surface area (Å²) in [5.41, 5.74) is 1.68. The summed E-state index contributed by atoms with van der Waals surface area (Å²) in [5, 5.41) is 1.42. The molecule has 16 heavy (non-hydrogen) atoms. The first-order valence-electron chi connectivity index (χ1n) is 4.99. The zero-order valence-electron chi connectivity index (χ0n) is 9.41. The van der Waals surface area contributed by atoms with Crippen LogP contribution < -0.4 is 0 Å². The Morgan fingerprint density at radius 1 is 1.19 bits per heavy atom. The van der Waals surface area contributed by atoms with Crippen LogP contribution in [0.25, 0.3) is 5.03 Å². The van der Waals surface area contributed by atoms with Crippen molar-refractivity contribution in [3.8, 4) is 0 Å². The van der Waals surface area contributed by atoms with E-state index >= 15 is 0 Å². The first-order chi connectivity index (χ1) is 7.22. The molecule has 0 aromatic heterocycles. The lowest BCUT2D eigenvalue weighted by Crippen LogP contribution is -2.11. The first kappa shape index (κ1) is 11.7. The summed E-state index contributed by atoms with van der Waals surface area (Å²) in [6, 6.07) is 5.34. The average Bonchev–Trinajstić information content (AvgIpc) is 2.36. The molecule has 0 spiro atoms. The van der Waals surface area contributed by atoms with Gasteiger partial charge in [0.25, 0.3) is 0 Å². The van der Waals surface area contributed by atoms with Gasteiger partial charge in [-0.3, -0.25) is 0 Å². The van der Waals surface area contributed by atoms with Crippen molar-refractivity contribution in [1.82, 2.24) is 0 Å². The van der Waals surface area contributed by atoms with E-state index in [0.717, 1.165) is 11.0 Å². The van der Waals surface area contributed by atoms with E-state index in [-0.39, 0.29) is 5.41 Å². The smallest absolute Gasteiger partial charge is 0.201 e. The van der Waals surface area contributed by atoms with E-state index in [0.29, 0.717) is 15.5 Å². The lowest BCUT2D eigenvalue weighted by atomic mass is 9.86. The number of fused-ring (bicyclic) bond motifs is 1. The van der Waals surface area contributed by atoms with Crippen LogP contribution in [0.3, 0.4) is 0 Å². The molecule has 1 aliphatic heterocycles. The van der Waals surface area contributed by atoms with E-state index in [1.54, 1.807) is 6.07 Å². The Bertz CT molecular complexity index is 578.